The summed E-state index contributed by atoms with van der Waals surface area (Å²) in [7, 11) is -1.06. The van der Waals surface area contributed by atoms with Gasteiger partial charge in [0.25, 0.3) is 10.0 Å². The molecule has 9 nitrogen and oxygen atoms in total. The molecule has 3 rings (SSSR count). The molecular weight excluding hydrogens is 542 g/mol. The minimum Gasteiger partial charge on any atom is -0.497 e. The topological polar surface area (TPSA) is 105 Å². The van der Waals surface area contributed by atoms with E-state index in [4.69, 9.17) is 9.47 Å². The molecule has 0 heterocycles. The van der Waals surface area contributed by atoms with E-state index in [0.717, 1.165) is 22.7 Å². The van der Waals surface area contributed by atoms with Gasteiger partial charge in [-0.2, -0.15) is 0 Å². The first-order chi connectivity index (χ1) is 19.7. The van der Waals surface area contributed by atoms with Crippen LogP contribution in [0.4, 0.5) is 5.69 Å². The number of carbonyl (C=O) groups is 2. The van der Waals surface area contributed by atoms with E-state index in [2.05, 4.69) is 5.32 Å². The molecule has 1 atom stereocenters. The highest BCUT2D eigenvalue weighted by atomic mass is 32.2. The van der Waals surface area contributed by atoms with Gasteiger partial charge in [-0.1, -0.05) is 50.6 Å². The molecular formula is C31H39N3O6S. The molecule has 0 aromatic heterocycles. The van der Waals surface area contributed by atoms with Crippen molar-refractivity contribution in [2.75, 3.05) is 31.6 Å². The molecule has 10 heteroatoms. The van der Waals surface area contributed by atoms with Gasteiger partial charge in [-0.05, 0) is 66.9 Å². The lowest BCUT2D eigenvalue weighted by Gasteiger charge is -2.33. The Hall–Kier alpha value is -4.05. The number of anilines is 1. The van der Waals surface area contributed by atoms with Crippen LogP contribution >= 0.6 is 0 Å². The summed E-state index contributed by atoms with van der Waals surface area (Å²) in [5.74, 6) is 0.369. The summed E-state index contributed by atoms with van der Waals surface area (Å²) in [4.78, 5) is 28.9. The largest absolute Gasteiger partial charge is 0.497 e. The molecule has 0 bridgehead atoms. The molecule has 0 aliphatic rings. The number of unbranched alkanes of at least 4 members (excludes halogenated alkanes) is 1. The van der Waals surface area contributed by atoms with Crippen LogP contribution in [0.15, 0.2) is 83.8 Å². The number of ether oxygens (including phenoxy) is 2. The number of sulfonamides is 1. The normalized spacial score (nSPS) is 11.8. The lowest BCUT2D eigenvalue weighted by atomic mass is 10.1. The Kier molecular flexibility index (Phi) is 11.6. The minimum absolute atomic E-state index is 0.0484. The predicted molar refractivity (Wildman–Crippen MR) is 160 cm³/mol. The van der Waals surface area contributed by atoms with E-state index < -0.39 is 28.5 Å². The van der Waals surface area contributed by atoms with Gasteiger partial charge in [-0.15, -0.1) is 0 Å². The van der Waals surface area contributed by atoms with Crippen LogP contribution in [-0.2, 0) is 26.2 Å². The fourth-order valence-corrected chi connectivity index (χ4v) is 5.83. The Balaban J connectivity index is 2.03. The number of benzene rings is 3. The van der Waals surface area contributed by atoms with Crippen LogP contribution in [0.2, 0.25) is 0 Å². The summed E-state index contributed by atoms with van der Waals surface area (Å²) in [5.41, 5.74) is 1.05. The number of nitrogens with one attached hydrogen (secondary N) is 1. The monoisotopic (exact) mass is 581 g/mol. The van der Waals surface area contributed by atoms with E-state index in [9.17, 15) is 18.0 Å². The van der Waals surface area contributed by atoms with Crippen molar-refractivity contribution >= 4 is 27.5 Å². The van der Waals surface area contributed by atoms with Gasteiger partial charge in [0.1, 0.15) is 24.1 Å². The third-order valence-electron chi connectivity index (χ3n) is 6.67. The van der Waals surface area contributed by atoms with Crippen molar-refractivity contribution in [1.82, 2.24) is 10.2 Å². The maximum absolute atomic E-state index is 14.1. The summed E-state index contributed by atoms with van der Waals surface area (Å²) >= 11 is 0. The van der Waals surface area contributed by atoms with Gasteiger partial charge in [-0.25, -0.2) is 8.42 Å². The number of methoxy groups -OCH3 is 2. The van der Waals surface area contributed by atoms with Gasteiger partial charge in [0.15, 0.2) is 0 Å². The maximum atomic E-state index is 14.1. The zero-order chi connectivity index (χ0) is 29.8. The molecule has 0 aliphatic carbocycles. The zero-order valence-corrected chi connectivity index (χ0v) is 24.9. The third kappa shape index (κ3) is 8.23. The van der Waals surface area contributed by atoms with Gasteiger partial charge < -0.3 is 19.7 Å². The van der Waals surface area contributed by atoms with E-state index >= 15 is 0 Å². The second-order valence-corrected chi connectivity index (χ2v) is 11.3. The quantitative estimate of drug-likeness (QED) is 0.263. The minimum atomic E-state index is -4.13. The van der Waals surface area contributed by atoms with Crippen molar-refractivity contribution < 1.29 is 27.5 Å². The van der Waals surface area contributed by atoms with E-state index in [1.807, 2.05) is 26.0 Å². The summed E-state index contributed by atoms with van der Waals surface area (Å²) in [6.07, 6.45) is 2.08. The summed E-state index contributed by atoms with van der Waals surface area (Å²) < 4.78 is 39.4. The van der Waals surface area contributed by atoms with Crippen LogP contribution < -0.4 is 19.1 Å². The predicted octanol–water partition coefficient (Wildman–Crippen LogP) is 4.62. The SMILES string of the molecule is CCCCNC(=O)[C@H](CC)N(Cc1cccc(OC)c1)C(=O)CN(c1ccc(OC)cc1)S(=O)(=O)c1ccccc1. The highest BCUT2D eigenvalue weighted by Crippen LogP contribution is 2.27. The van der Waals surface area contributed by atoms with Crippen LogP contribution in [0.5, 0.6) is 11.5 Å². The molecule has 3 aromatic carbocycles. The third-order valence-corrected chi connectivity index (χ3v) is 8.46. The van der Waals surface area contributed by atoms with Gasteiger partial charge >= 0.3 is 0 Å². The summed E-state index contributed by atoms with van der Waals surface area (Å²) in [5, 5.41) is 2.93. The highest BCUT2D eigenvalue weighted by molar-refractivity contribution is 7.92. The van der Waals surface area contributed by atoms with Crippen molar-refractivity contribution in [2.45, 2.75) is 50.6 Å². The first kappa shape index (κ1) is 31.5. The average molecular weight is 582 g/mol. The first-order valence-corrected chi connectivity index (χ1v) is 15.1. The molecule has 0 saturated carbocycles. The first-order valence-electron chi connectivity index (χ1n) is 13.7. The Morgan fingerprint density at radius 3 is 2.17 bits per heavy atom. The lowest BCUT2D eigenvalue weighted by Crippen LogP contribution is -2.52. The van der Waals surface area contributed by atoms with Crippen molar-refractivity contribution in [2.24, 2.45) is 0 Å². The molecule has 0 saturated heterocycles. The molecule has 0 fully saturated rings. The Bertz CT molecular complexity index is 1380. The van der Waals surface area contributed by atoms with E-state index in [1.165, 1.54) is 24.1 Å². The van der Waals surface area contributed by atoms with Crippen LogP contribution in [0, 0.1) is 0 Å². The van der Waals surface area contributed by atoms with E-state index in [-0.39, 0.29) is 17.3 Å². The molecule has 0 aliphatic heterocycles. The van der Waals surface area contributed by atoms with E-state index in [0.29, 0.717) is 30.2 Å². The standard InChI is InChI=1S/C31H39N3O6S/c1-5-7-20-32-31(36)29(6-2)33(22-24-12-11-13-27(21-24)40-4)30(35)23-34(25-16-18-26(39-3)19-17-25)41(37,38)28-14-9-8-10-15-28/h8-19,21,29H,5-7,20,22-23H2,1-4H3,(H,32,36)/t29-/m0/s1. The van der Waals surface area contributed by atoms with Crippen molar-refractivity contribution in [3.8, 4) is 11.5 Å². The van der Waals surface area contributed by atoms with Crippen LogP contribution in [0.1, 0.15) is 38.7 Å². The van der Waals surface area contributed by atoms with Crippen molar-refractivity contribution in [3.05, 3.63) is 84.4 Å². The fourth-order valence-electron chi connectivity index (χ4n) is 4.39. The molecule has 3 aromatic rings. The smallest absolute Gasteiger partial charge is 0.264 e. The van der Waals surface area contributed by atoms with Crippen molar-refractivity contribution in [3.63, 3.8) is 0 Å². The molecule has 1 N–H and O–H groups in total. The van der Waals surface area contributed by atoms with Crippen LogP contribution in [0.25, 0.3) is 0 Å². The molecule has 41 heavy (non-hydrogen) atoms. The van der Waals surface area contributed by atoms with Gasteiger partial charge in [0.2, 0.25) is 11.8 Å². The molecule has 0 unspecified atom stereocenters. The Morgan fingerprint density at radius 2 is 1.56 bits per heavy atom. The Labute approximate surface area is 243 Å². The van der Waals surface area contributed by atoms with E-state index in [1.54, 1.807) is 61.7 Å². The number of nitrogens with zero attached hydrogens (tertiary/aromatic N) is 2. The maximum Gasteiger partial charge on any atom is 0.264 e. The highest BCUT2D eigenvalue weighted by Gasteiger charge is 2.33. The summed E-state index contributed by atoms with van der Waals surface area (Å²) in [6, 6.07) is 20.8. The van der Waals surface area contributed by atoms with Crippen LogP contribution in [0.3, 0.4) is 0 Å². The van der Waals surface area contributed by atoms with Gasteiger partial charge in [0.05, 0.1) is 24.8 Å². The molecule has 0 radical (unpaired) electrons. The average Bonchev–Trinajstić information content (AvgIpc) is 3.00. The van der Waals surface area contributed by atoms with Crippen LogP contribution in [-0.4, -0.2) is 58.5 Å². The summed E-state index contributed by atoms with van der Waals surface area (Å²) in [6.45, 7) is 3.94. The Morgan fingerprint density at radius 1 is 0.878 bits per heavy atom. The second kappa shape index (κ2) is 15.1. The van der Waals surface area contributed by atoms with Gasteiger partial charge in [-0.3, -0.25) is 13.9 Å². The molecule has 0 spiro atoms. The zero-order valence-electron chi connectivity index (χ0n) is 24.1. The molecule has 2 amide bonds. The second-order valence-electron chi connectivity index (χ2n) is 9.46. The number of amides is 2. The number of rotatable bonds is 15. The lowest BCUT2D eigenvalue weighted by molar-refractivity contribution is -0.140. The van der Waals surface area contributed by atoms with Crippen molar-refractivity contribution in [1.29, 1.82) is 0 Å². The number of carbonyl (C=O) groups excluding carboxylic acids is 2. The number of hydrogen-bond acceptors (Lipinski definition) is 6. The molecule has 220 valence electrons. The fraction of sp³-hybridized carbons (Fsp3) is 0.355. The van der Waals surface area contributed by atoms with Gasteiger partial charge in [0, 0.05) is 13.1 Å². The number of hydrogen-bond donors (Lipinski definition) is 1.